The Morgan fingerprint density at radius 1 is 1.47 bits per heavy atom. The summed E-state index contributed by atoms with van der Waals surface area (Å²) in [5.74, 6) is -0.278. The predicted octanol–water partition coefficient (Wildman–Crippen LogP) is 2.38. The molecule has 0 N–H and O–H groups in total. The second kappa shape index (κ2) is 3.31. The van der Waals surface area contributed by atoms with E-state index in [0.29, 0.717) is 16.6 Å². The third kappa shape index (κ3) is 1.44. The summed E-state index contributed by atoms with van der Waals surface area (Å²) in [4.78, 5) is 3.79. The first-order valence-corrected chi connectivity index (χ1v) is 4.28. The van der Waals surface area contributed by atoms with E-state index in [-0.39, 0.29) is 5.82 Å². The van der Waals surface area contributed by atoms with E-state index in [2.05, 4.69) is 4.98 Å². The van der Waals surface area contributed by atoms with E-state index in [0.717, 1.165) is 0 Å². The minimum Gasteiger partial charge on any atom is -0.326 e. The molecule has 0 aliphatic carbocycles. The molecular formula is C10H7F2N3. The van der Waals surface area contributed by atoms with Crippen molar-refractivity contribution < 1.29 is 8.78 Å². The minimum absolute atomic E-state index is 0.278. The zero-order chi connectivity index (χ0) is 11.0. The van der Waals surface area contributed by atoms with Gasteiger partial charge in [0.15, 0.2) is 5.82 Å². The lowest BCUT2D eigenvalue weighted by Crippen LogP contribution is -1.97. The van der Waals surface area contributed by atoms with E-state index in [1.165, 1.54) is 11.6 Å². The van der Waals surface area contributed by atoms with Crippen LogP contribution < -0.4 is 0 Å². The van der Waals surface area contributed by atoms with Crippen LogP contribution in [0, 0.1) is 11.3 Å². The minimum atomic E-state index is -2.60. The van der Waals surface area contributed by atoms with Crippen LogP contribution in [0.15, 0.2) is 18.2 Å². The number of aromatic nitrogens is 2. The Hall–Kier alpha value is -1.96. The van der Waals surface area contributed by atoms with Crippen molar-refractivity contribution in [2.24, 2.45) is 7.05 Å². The number of halogens is 2. The first-order valence-electron chi connectivity index (χ1n) is 4.28. The van der Waals surface area contributed by atoms with Crippen molar-refractivity contribution in [3.05, 3.63) is 29.6 Å². The number of hydrogen-bond acceptors (Lipinski definition) is 2. The number of fused-ring (bicyclic) bond motifs is 1. The lowest BCUT2D eigenvalue weighted by Gasteiger charge is -1.99. The molecule has 0 spiro atoms. The highest BCUT2D eigenvalue weighted by Crippen LogP contribution is 2.23. The summed E-state index contributed by atoms with van der Waals surface area (Å²) < 4.78 is 26.3. The summed E-state index contributed by atoms with van der Waals surface area (Å²) in [6, 6.07) is 6.64. The van der Waals surface area contributed by atoms with Crippen LogP contribution in [0.25, 0.3) is 11.0 Å². The van der Waals surface area contributed by atoms with Gasteiger partial charge in [0.1, 0.15) is 0 Å². The van der Waals surface area contributed by atoms with Crippen LogP contribution in [0.1, 0.15) is 17.8 Å². The largest absolute Gasteiger partial charge is 0.326 e. The van der Waals surface area contributed by atoms with E-state index < -0.39 is 6.43 Å². The molecule has 0 saturated carbocycles. The molecule has 15 heavy (non-hydrogen) atoms. The zero-order valence-electron chi connectivity index (χ0n) is 7.91. The molecular weight excluding hydrogens is 200 g/mol. The monoisotopic (exact) mass is 207 g/mol. The Labute approximate surface area is 84.6 Å². The van der Waals surface area contributed by atoms with Crippen LogP contribution in [-0.4, -0.2) is 9.55 Å². The number of imidazole rings is 1. The van der Waals surface area contributed by atoms with E-state index in [1.807, 2.05) is 6.07 Å². The number of rotatable bonds is 1. The van der Waals surface area contributed by atoms with Crippen molar-refractivity contribution >= 4 is 11.0 Å². The molecule has 1 aromatic heterocycles. The number of nitriles is 1. The molecule has 0 aliphatic heterocycles. The predicted molar refractivity (Wildman–Crippen MR) is 50.4 cm³/mol. The normalized spacial score (nSPS) is 10.9. The molecule has 0 fully saturated rings. The Bertz CT molecular complexity index is 552. The van der Waals surface area contributed by atoms with Crippen LogP contribution in [0.2, 0.25) is 0 Å². The van der Waals surface area contributed by atoms with Gasteiger partial charge in [0.25, 0.3) is 6.43 Å². The Kier molecular flexibility index (Phi) is 2.12. The molecule has 0 bridgehead atoms. The molecule has 76 valence electrons. The second-order valence-corrected chi connectivity index (χ2v) is 3.15. The highest BCUT2D eigenvalue weighted by molar-refractivity contribution is 5.77. The fraction of sp³-hybridized carbons (Fsp3) is 0.200. The van der Waals surface area contributed by atoms with Crippen LogP contribution in [0.3, 0.4) is 0 Å². The molecule has 1 heterocycles. The van der Waals surface area contributed by atoms with Crippen LogP contribution in [-0.2, 0) is 7.05 Å². The van der Waals surface area contributed by atoms with Gasteiger partial charge in [-0.2, -0.15) is 5.26 Å². The van der Waals surface area contributed by atoms with Gasteiger partial charge in [-0.15, -0.1) is 0 Å². The fourth-order valence-electron chi connectivity index (χ4n) is 1.47. The second-order valence-electron chi connectivity index (χ2n) is 3.15. The van der Waals surface area contributed by atoms with Crippen molar-refractivity contribution in [3.8, 4) is 6.07 Å². The third-order valence-electron chi connectivity index (χ3n) is 2.24. The molecule has 5 heteroatoms. The van der Waals surface area contributed by atoms with Gasteiger partial charge in [0.2, 0.25) is 0 Å². The quantitative estimate of drug-likeness (QED) is 0.720. The number of benzene rings is 1. The molecule has 1 aromatic carbocycles. The van der Waals surface area contributed by atoms with Gasteiger partial charge in [-0.05, 0) is 18.2 Å². The lowest BCUT2D eigenvalue weighted by atomic mass is 10.2. The SMILES string of the molecule is Cn1c(C(F)F)nc2ccc(C#N)cc21. The summed E-state index contributed by atoms with van der Waals surface area (Å²) in [7, 11) is 1.51. The van der Waals surface area contributed by atoms with Gasteiger partial charge >= 0.3 is 0 Å². The number of nitrogens with zero attached hydrogens (tertiary/aromatic N) is 3. The highest BCUT2D eigenvalue weighted by atomic mass is 19.3. The van der Waals surface area contributed by atoms with Crippen LogP contribution >= 0.6 is 0 Å². The summed E-state index contributed by atoms with van der Waals surface area (Å²) in [6.07, 6.45) is -2.60. The van der Waals surface area contributed by atoms with Crippen molar-refractivity contribution in [1.82, 2.24) is 9.55 Å². The molecule has 3 nitrogen and oxygen atoms in total. The van der Waals surface area contributed by atoms with Gasteiger partial charge in [-0.25, -0.2) is 13.8 Å². The Morgan fingerprint density at radius 2 is 2.20 bits per heavy atom. The molecule has 0 amide bonds. The van der Waals surface area contributed by atoms with Crippen molar-refractivity contribution in [2.45, 2.75) is 6.43 Å². The molecule has 0 aliphatic rings. The van der Waals surface area contributed by atoms with Crippen LogP contribution in [0.4, 0.5) is 8.78 Å². The fourth-order valence-corrected chi connectivity index (χ4v) is 1.47. The van der Waals surface area contributed by atoms with E-state index >= 15 is 0 Å². The van der Waals surface area contributed by atoms with E-state index in [4.69, 9.17) is 5.26 Å². The van der Waals surface area contributed by atoms with Gasteiger partial charge in [-0.3, -0.25) is 0 Å². The summed E-state index contributed by atoms with van der Waals surface area (Å²) >= 11 is 0. The van der Waals surface area contributed by atoms with Crippen molar-refractivity contribution in [2.75, 3.05) is 0 Å². The van der Waals surface area contributed by atoms with Gasteiger partial charge in [-0.1, -0.05) is 0 Å². The average molecular weight is 207 g/mol. The Balaban J connectivity index is 2.73. The molecule has 0 radical (unpaired) electrons. The molecule has 2 rings (SSSR count). The van der Waals surface area contributed by atoms with Crippen molar-refractivity contribution in [3.63, 3.8) is 0 Å². The Morgan fingerprint density at radius 3 is 2.80 bits per heavy atom. The number of aryl methyl sites for hydroxylation is 1. The van der Waals surface area contributed by atoms with Gasteiger partial charge < -0.3 is 4.57 Å². The highest BCUT2D eigenvalue weighted by Gasteiger charge is 2.16. The molecule has 2 aromatic rings. The molecule has 0 unspecified atom stereocenters. The van der Waals surface area contributed by atoms with E-state index in [1.54, 1.807) is 18.2 Å². The maximum Gasteiger partial charge on any atom is 0.295 e. The van der Waals surface area contributed by atoms with Crippen molar-refractivity contribution in [1.29, 1.82) is 5.26 Å². The van der Waals surface area contributed by atoms with E-state index in [9.17, 15) is 8.78 Å². The summed E-state index contributed by atoms with van der Waals surface area (Å²) in [6.45, 7) is 0. The molecule has 0 atom stereocenters. The molecule has 0 saturated heterocycles. The van der Waals surface area contributed by atoms with Gasteiger partial charge in [0.05, 0.1) is 22.7 Å². The zero-order valence-corrected chi connectivity index (χ0v) is 7.91. The smallest absolute Gasteiger partial charge is 0.295 e. The average Bonchev–Trinajstić information content (AvgIpc) is 2.56. The van der Waals surface area contributed by atoms with Crippen LogP contribution in [0.5, 0.6) is 0 Å². The van der Waals surface area contributed by atoms with Gasteiger partial charge in [0, 0.05) is 7.05 Å². The number of alkyl halides is 2. The number of hydrogen-bond donors (Lipinski definition) is 0. The topological polar surface area (TPSA) is 41.6 Å². The standard InChI is InChI=1S/C10H7F2N3/c1-15-8-4-6(5-13)2-3-7(8)14-10(15)9(11)12/h2-4,9H,1H3. The third-order valence-corrected chi connectivity index (χ3v) is 2.24. The maximum absolute atomic E-state index is 12.5. The first-order chi connectivity index (χ1) is 7.13. The summed E-state index contributed by atoms with van der Waals surface area (Å²) in [5.41, 5.74) is 1.46. The summed E-state index contributed by atoms with van der Waals surface area (Å²) in [5, 5.41) is 8.68. The lowest BCUT2D eigenvalue weighted by molar-refractivity contribution is 0.137. The maximum atomic E-state index is 12.5. The first kappa shape index (κ1) is 9.59.